The van der Waals surface area contributed by atoms with Crippen LogP contribution in [-0.2, 0) is 0 Å². The highest BCUT2D eigenvalue weighted by Gasteiger charge is 2.23. The van der Waals surface area contributed by atoms with Crippen LogP contribution in [-0.4, -0.2) is 40.4 Å². The molecule has 0 unspecified atom stereocenters. The summed E-state index contributed by atoms with van der Waals surface area (Å²) in [5.41, 5.74) is 2.70. The summed E-state index contributed by atoms with van der Waals surface area (Å²) in [7, 11) is 0. The molecule has 3 rings (SSSR count). The van der Waals surface area contributed by atoms with Crippen LogP contribution in [0.1, 0.15) is 42.7 Å². The van der Waals surface area contributed by atoms with E-state index in [2.05, 4.69) is 42.9 Å². The van der Waals surface area contributed by atoms with Crippen LogP contribution in [0.4, 0.5) is 11.6 Å². The quantitative estimate of drug-likeness (QED) is 0.850. The van der Waals surface area contributed by atoms with Gasteiger partial charge < -0.3 is 9.80 Å². The van der Waals surface area contributed by atoms with E-state index in [0.29, 0.717) is 17.6 Å². The fourth-order valence-corrected chi connectivity index (χ4v) is 3.21. The fraction of sp³-hybridized carbons (Fsp3) is 0.450. The molecule has 0 radical (unpaired) electrons. The van der Waals surface area contributed by atoms with Gasteiger partial charge in [-0.3, -0.25) is 4.79 Å². The van der Waals surface area contributed by atoms with Crippen LogP contribution in [0, 0.1) is 12.8 Å². The predicted octanol–water partition coefficient (Wildman–Crippen LogP) is 3.82. The first-order chi connectivity index (χ1) is 12.1. The molecule has 132 valence electrons. The maximum Gasteiger partial charge on any atom is 0.272 e. The van der Waals surface area contributed by atoms with Crippen LogP contribution in [0.2, 0.25) is 0 Å². The third kappa shape index (κ3) is 3.98. The molecule has 0 atom stereocenters. The lowest BCUT2D eigenvalue weighted by atomic mass is 9.99. The molecular weight excluding hydrogens is 312 g/mol. The van der Waals surface area contributed by atoms with E-state index in [1.165, 1.54) is 5.56 Å². The molecule has 0 N–H and O–H groups in total. The van der Waals surface area contributed by atoms with Crippen molar-refractivity contribution < 1.29 is 4.79 Å². The molecule has 0 aliphatic carbocycles. The lowest BCUT2D eigenvalue weighted by Crippen LogP contribution is -2.38. The van der Waals surface area contributed by atoms with Crippen LogP contribution in [0.15, 0.2) is 36.5 Å². The van der Waals surface area contributed by atoms with Crippen molar-refractivity contribution in [2.75, 3.05) is 24.5 Å². The number of benzene rings is 1. The third-order valence-electron chi connectivity index (χ3n) is 4.80. The minimum Gasteiger partial charge on any atom is -0.337 e. The van der Waals surface area contributed by atoms with Crippen LogP contribution >= 0.6 is 0 Å². The molecule has 1 fully saturated rings. The summed E-state index contributed by atoms with van der Waals surface area (Å²) in [5, 5.41) is 0. The summed E-state index contributed by atoms with van der Waals surface area (Å²) in [6.45, 7) is 8.74. The van der Waals surface area contributed by atoms with Gasteiger partial charge in [0.2, 0.25) is 5.95 Å². The fourth-order valence-electron chi connectivity index (χ4n) is 3.21. The van der Waals surface area contributed by atoms with Crippen molar-refractivity contribution in [2.24, 2.45) is 5.92 Å². The second kappa shape index (κ2) is 7.64. The van der Waals surface area contributed by atoms with Crippen molar-refractivity contribution in [3.8, 4) is 0 Å². The predicted molar refractivity (Wildman–Crippen MR) is 100 cm³/mol. The van der Waals surface area contributed by atoms with Gasteiger partial charge in [-0.1, -0.05) is 19.1 Å². The van der Waals surface area contributed by atoms with Gasteiger partial charge in [-0.05, 0) is 56.4 Å². The smallest absolute Gasteiger partial charge is 0.272 e. The first-order valence-electron chi connectivity index (χ1n) is 9.05. The number of anilines is 2. The van der Waals surface area contributed by atoms with Gasteiger partial charge in [0, 0.05) is 31.5 Å². The van der Waals surface area contributed by atoms with Crippen molar-refractivity contribution in [2.45, 2.75) is 33.6 Å². The highest BCUT2D eigenvalue weighted by Crippen LogP contribution is 2.23. The number of carbonyl (C=O) groups is 1. The lowest BCUT2D eigenvalue weighted by Gasteiger charge is -2.30. The Kier molecular flexibility index (Phi) is 5.31. The van der Waals surface area contributed by atoms with Gasteiger partial charge in [0.05, 0.1) is 0 Å². The number of aromatic nitrogens is 2. The van der Waals surface area contributed by atoms with Gasteiger partial charge in [-0.25, -0.2) is 9.97 Å². The molecule has 2 aromatic rings. The molecule has 0 bridgehead atoms. The van der Waals surface area contributed by atoms with E-state index in [0.717, 1.165) is 38.2 Å². The third-order valence-corrected chi connectivity index (χ3v) is 4.80. The number of carbonyl (C=O) groups excluding carboxylic acids is 1. The Morgan fingerprint density at radius 2 is 2.04 bits per heavy atom. The van der Waals surface area contributed by atoms with Crippen molar-refractivity contribution in [3.63, 3.8) is 0 Å². The Balaban J connectivity index is 1.84. The molecule has 1 aliphatic rings. The van der Waals surface area contributed by atoms with Gasteiger partial charge in [-0.15, -0.1) is 0 Å². The van der Waals surface area contributed by atoms with E-state index >= 15 is 0 Å². The molecule has 0 saturated carbocycles. The number of aryl methyl sites for hydroxylation is 1. The standard InChI is InChI=1S/C20H26N4O/c1-4-24(17-7-5-6-16(3)14-17)20-21-11-8-18(22-20)19(25)23-12-9-15(2)10-13-23/h5-8,11,14-15H,4,9-10,12-13H2,1-3H3. The first kappa shape index (κ1) is 17.4. The SMILES string of the molecule is CCN(c1cccc(C)c1)c1nccc(C(=O)N2CCC(C)CC2)n1. The number of likely N-dealkylation sites (tertiary alicyclic amines) is 1. The van der Waals surface area contributed by atoms with Gasteiger partial charge in [-0.2, -0.15) is 0 Å². The second-order valence-electron chi connectivity index (χ2n) is 6.80. The Bertz CT molecular complexity index is 738. The zero-order valence-electron chi connectivity index (χ0n) is 15.3. The number of nitrogens with zero attached hydrogens (tertiary/aromatic N) is 4. The van der Waals surface area contributed by atoms with E-state index < -0.39 is 0 Å². The van der Waals surface area contributed by atoms with E-state index in [1.807, 2.05) is 21.9 Å². The molecule has 1 aromatic carbocycles. The molecule has 1 saturated heterocycles. The summed E-state index contributed by atoms with van der Waals surface area (Å²) in [6.07, 6.45) is 3.81. The summed E-state index contributed by atoms with van der Waals surface area (Å²) in [4.78, 5) is 25.7. The number of hydrogen-bond acceptors (Lipinski definition) is 4. The average Bonchev–Trinajstić information content (AvgIpc) is 2.63. The Morgan fingerprint density at radius 1 is 1.28 bits per heavy atom. The summed E-state index contributed by atoms with van der Waals surface area (Å²) < 4.78 is 0. The van der Waals surface area contributed by atoms with Crippen LogP contribution in [0.25, 0.3) is 0 Å². The summed E-state index contributed by atoms with van der Waals surface area (Å²) >= 11 is 0. The molecule has 1 amide bonds. The largest absolute Gasteiger partial charge is 0.337 e. The normalized spacial score (nSPS) is 15.2. The number of hydrogen-bond donors (Lipinski definition) is 0. The van der Waals surface area contributed by atoms with Crippen LogP contribution < -0.4 is 4.90 Å². The first-order valence-corrected chi connectivity index (χ1v) is 9.05. The zero-order chi connectivity index (χ0) is 17.8. The van der Waals surface area contributed by atoms with Gasteiger partial charge in [0.25, 0.3) is 5.91 Å². The van der Waals surface area contributed by atoms with Crippen LogP contribution in [0.5, 0.6) is 0 Å². The molecule has 1 aromatic heterocycles. The highest BCUT2D eigenvalue weighted by atomic mass is 16.2. The topological polar surface area (TPSA) is 49.3 Å². The molecular formula is C20H26N4O. The van der Waals surface area contributed by atoms with E-state index in [4.69, 9.17) is 0 Å². The van der Waals surface area contributed by atoms with Gasteiger partial charge in [0.1, 0.15) is 5.69 Å². The van der Waals surface area contributed by atoms with Crippen molar-refractivity contribution in [3.05, 3.63) is 47.8 Å². The van der Waals surface area contributed by atoms with Crippen molar-refractivity contribution in [1.29, 1.82) is 0 Å². The van der Waals surface area contributed by atoms with Crippen molar-refractivity contribution in [1.82, 2.24) is 14.9 Å². The minimum absolute atomic E-state index is 0.0100. The molecule has 25 heavy (non-hydrogen) atoms. The maximum absolute atomic E-state index is 12.8. The van der Waals surface area contributed by atoms with Crippen LogP contribution in [0.3, 0.4) is 0 Å². The average molecular weight is 338 g/mol. The summed E-state index contributed by atoms with van der Waals surface area (Å²) in [6, 6.07) is 9.95. The number of rotatable bonds is 4. The summed E-state index contributed by atoms with van der Waals surface area (Å²) in [5.74, 6) is 1.28. The zero-order valence-corrected chi connectivity index (χ0v) is 15.3. The minimum atomic E-state index is 0.0100. The Morgan fingerprint density at radius 3 is 2.72 bits per heavy atom. The van der Waals surface area contributed by atoms with Gasteiger partial charge in [0.15, 0.2) is 0 Å². The maximum atomic E-state index is 12.8. The molecule has 1 aliphatic heterocycles. The molecule has 0 spiro atoms. The lowest BCUT2D eigenvalue weighted by molar-refractivity contribution is 0.0691. The van der Waals surface area contributed by atoms with Gasteiger partial charge >= 0.3 is 0 Å². The monoisotopic (exact) mass is 338 g/mol. The Labute approximate surface area is 149 Å². The van der Waals surface area contributed by atoms with Crippen molar-refractivity contribution >= 4 is 17.5 Å². The molecule has 5 heteroatoms. The van der Waals surface area contributed by atoms with E-state index in [1.54, 1.807) is 12.3 Å². The highest BCUT2D eigenvalue weighted by molar-refractivity contribution is 5.92. The second-order valence-corrected chi connectivity index (χ2v) is 6.80. The molecule has 2 heterocycles. The van der Waals surface area contributed by atoms with E-state index in [-0.39, 0.29) is 5.91 Å². The Hall–Kier alpha value is -2.43. The number of piperidine rings is 1. The van der Waals surface area contributed by atoms with E-state index in [9.17, 15) is 4.79 Å². The molecule has 5 nitrogen and oxygen atoms in total. The number of amides is 1.